The van der Waals surface area contributed by atoms with Gasteiger partial charge in [-0.1, -0.05) is 18.3 Å². The van der Waals surface area contributed by atoms with Gasteiger partial charge in [0.05, 0.1) is 0 Å². The van der Waals surface area contributed by atoms with E-state index in [2.05, 4.69) is 10.3 Å². The molecular formula is C7H12N2OS. The van der Waals surface area contributed by atoms with Crippen LogP contribution in [0.5, 0.6) is 0 Å². The SMILES string of the molecule is CCNCc1sc(=O)[nH]c1C. The zero-order chi connectivity index (χ0) is 8.27. The van der Waals surface area contributed by atoms with Crippen LogP contribution < -0.4 is 10.2 Å². The van der Waals surface area contributed by atoms with Crippen LogP contribution in [0.2, 0.25) is 0 Å². The summed E-state index contributed by atoms with van der Waals surface area (Å²) in [6.07, 6.45) is 0. The third-order valence-corrected chi connectivity index (χ3v) is 2.44. The molecule has 0 amide bonds. The predicted octanol–water partition coefficient (Wildman–Crippen LogP) is 0.854. The summed E-state index contributed by atoms with van der Waals surface area (Å²) in [6.45, 7) is 5.70. The van der Waals surface area contributed by atoms with Gasteiger partial charge >= 0.3 is 4.87 Å². The average molecular weight is 172 g/mol. The summed E-state index contributed by atoms with van der Waals surface area (Å²) in [5, 5.41) is 3.17. The van der Waals surface area contributed by atoms with Crippen LogP contribution in [0.1, 0.15) is 17.5 Å². The number of rotatable bonds is 3. The molecule has 2 N–H and O–H groups in total. The van der Waals surface area contributed by atoms with E-state index >= 15 is 0 Å². The third-order valence-electron chi connectivity index (χ3n) is 1.46. The van der Waals surface area contributed by atoms with E-state index in [0.29, 0.717) is 0 Å². The fraction of sp³-hybridized carbons (Fsp3) is 0.571. The molecule has 1 rings (SSSR count). The highest BCUT2D eigenvalue weighted by atomic mass is 32.1. The maximum absolute atomic E-state index is 10.8. The lowest BCUT2D eigenvalue weighted by molar-refractivity contribution is 0.731. The molecule has 0 spiro atoms. The molecule has 3 nitrogen and oxygen atoms in total. The minimum absolute atomic E-state index is 0.0374. The van der Waals surface area contributed by atoms with Gasteiger partial charge in [0.25, 0.3) is 0 Å². The number of aromatic nitrogens is 1. The topological polar surface area (TPSA) is 44.9 Å². The summed E-state index contributed by atoms with van der Waals surface area (Å²) in [4.78, 5) is 14.7. The van der Waals surface area contributed by atoms with Crippen molar-refractivity contribution in [1.82, 2.24) is 10.3 Å². The Morgan fingerprint density at radius 1 is 1.64 bits per heavy atom. The average Bonchev–Trinajstić information content (AvgIpc) is 2.26. The van der Waals surface area contributed by atoms with Gasteiger partial charge in [-0.3, -0.25) is 4.79 Å². The molecule has 0 aliphatic heterocycles. The Bertz CT molecular complexity index is 276. The van der Waals surface area contributed by atoms with Gasteiger partial charge in [-0.2, -0.15) is 0 Å². The molecule has 0 bridgehead atoms. The molecule has 0 saturated heterocycles. The van der Waals surface area contributed by atoms with Crippen molar-refractivity contribution in [3.63, 3.8) is 0 Å². The van der Waals surface area contributed by atoms with Crippen molar-refractivity contribution in [2.45, 2.75) is 20.4 Å². The van der Waals surface area contributed by atoms with E-state index in [4.69, 9.17) is 0 Å². The second-order valence-corrected chi connectivity index (χ2v) is 3.41. The van der Waals surface area contributed by atoms with Crippen molar-refractivity contribution in [3.05, 3.63) is 20.2 Å². The minimum Gasteiger partial charge on any atom is -0.317 e. The van der Waals surface area contributed by atoms with Crippen LogP contribution in [-0.4, -0.2) is 11.5 Å². The lowest BCUT2D eigenvalue weighted by Crippen LogP contribution is -2.11. The van der Waals surface area contributed by atoms with Crippen molar-refractivity contribution in [2.24, 2.45) is 0 Å². The lowest BCUT2D eigenvalue weighted by Gasteiger charge is -1.97. The Morgan fingerprint density at radius 2 is 2.36 bits per heavy atom. The normalized spacial score (nSPS) is 10.4. The lowest BCUT2D eigenvalue weighted by atomic mass is 10.4. The van der Waals surface area contributed by atoms with Gasteiger partial charge in [0.2, 0.25) is 0 Å². The van der Waals surface area contributed by atoms with Gasteiger partial charge in [-0.25, -0.2) is 0 Å². The minimum atomic E-state index is 0.0374. The van der Waals surface area contributed by atoms with Gasteiger partial charge < -0.3 is 10.3 Å². The van der Waals surface area contributed by atoms with Crippen molar-refractivity contribution < 1.29 is 0 Å². The van der Waals surface area contributed by atoms with Crippen LogP contribution in [0, 0.1) is 6.92 Å². The first-order chi connectivity index (χ1) is 5.24. The molecular weight excluding hydrogens is 160 g/mol. The number of H-pyrrole nitrogens is 1. The summed E-state index contributed by atoms with van der Waals surface area (Å²) < 4.78 is 0. The largest absolute Gasteiger partial charge is 0.317 e. The molecule has 1 heterocycles. The van der Waals surface area contributed by atoms with E-state index < -0.39 is 0 Å². The third kappa shape index (κ3) is 2.17. The molecule has 1 aromatic heterocycles. The van der Waals surface area contributed by atoms with Crippen molar-refractivity contribution in [3.8, 4) is 0 Å². The monoisotopic (exact) mass is 172 g/mol. The summed E-state index contributed by atoms with van der Waals surface area (Å²) in [7, 11) is 0. The summed E-state index contributed by atoms with van der Waals surface area (Å²) >= 11 is 1.28. The number of aromatic amines is 1. The van der Waals surface area contributed by atoms with Crippen molar-refractivity contribution >= 4 is 11.3 Å². The molecule has 4 heteroatoms. The first kappa shape index (κ1) is 8.49. The first-order valence-electron chi connectivity index (χ1n) is 3.63. The first-order valence-corrected chi connectivity index (χ1v) is 4.45. The second-order valence-electron chi connectivity index (χ2n) is 2.34. The molecule has 1 aromatic rings. The van der Waals surface area contributed by atoms with E-state index in [0.717, 1.165) is 23.7 Å². The highest BCUT2D eigenvalue weighted by molar-refractivity contribution is 7.09. The van der Waals surface area contributed by atoms with Crippen molar-refractivity contribution in [2.75, 3.05) is 6.54 Å². The van der Waals surface area contributed by atoms with Gasteiger partial charge in [-0.05, 0) is 13.5 Å². The van der Waals surface area contributed by atoms with E-state index in [9.17, 15) is 4.79 Å². The molecule has 0 aliphatic carbocycles. The Morgan fingerprint density at radius 3 is 2.82 bits per heavy atom. The molecule has 62 valence electrons. The maximum atomic E-state index is 10.8. The quantitative estimate of drug-likeness (QED) is 0.710. The van der Waals surface area contributed by atoms with E-state index in [1.165, 1.54) is 11.3 Å². The van der Waals surface area contributed by atoms with Gasteiger partial charge in [0.15, 0.2) is 0 Å². The van der Waals surface area contributed by atoms with Crippen LogP contribution in [-0.2, 0) is 6.54 Å². The smallest absolute Gasteiger partial charge is 0.304 e. The van der Waals surface area contributed by atoms with E-state index in [-0.39, 0.29) is 4.87 Å². The zero-order valence-electron chi connectivity index (χ0n) is 6.73. The van der Waals surface area contributed by atoms with Gasteiger partial charge in [0, 0.05) is 17.1 Å². The number of hydrogen-bond acceptors (Lipinski definition) is 3. The fourth-order valence-corrected chi connectivity index (χ4v) is 1.65. The molecule has 0 fully saturated rings. The number of thiazole rings is 1. The van der Waals surface area contributed by atoms with E-state index in [1.807, 2.05) is 13.8 Å². The Hall–Kier alpha value is -0.610. The molecule has 0 atom stereocenters. The van der Waals surface area contributed by atoms with E-state index in [1.54, 1.807) is 0 Å². The second kappa shape index (κ2) is 3.69. The molecule has 0 saturated carbocycles. The van der Waals surface area contributed by atoms with Crippen LogP contribution >= 0.6 is 11.3 Å². The van der Waals surface area contributed by atoms with Gasteiger partial charge in [-0.15, -0.1) is 0 Å². The van der Waals surface area contributed by atoms with Crippen LogP contribution in [0.4, 0.5) is 0 Å². The Kier molecular flexibility index (Phi) is 2.84. The summed E-state index contributed by atoms with van der Waals surface area (Å²) in [5.41, 5.74) is 0.987. The van der Waals surface area contributed by atoms with Crippen LogP contribution in [0.15, 0.2) is 4.79 Å². The maximum Gasteiger partial charge on any atom is 0.304 e. The summed E-state index contributed by atoms with van der Waals surface area (Å²) in [5.74, 6) is 0. The number of nitrogens with one attached hydrogen (secondary N) is 2. The number of aryl methyl sites for hydroxylation is 1. The van der Waals surface area contributed by atoms with Gasteiger partial charge in [0.1, 0.15) is 0 Å². The highest BCUT2D eigenvalue weighted by Crippen LogP contribution is 2.06. The zero-order valence-corrected chi connectivity index (χ0v) is 7.55. The van der Waals surface area contributed by atoms with Crippen LogP contribution in [0.3, 0.4) is 0 Å². The standard InChI is InChI=1S/C7H12N2OS/c1-3-8-4-6-5(2)9-7(10)11-6/h8H,3-4H2,1-2H3,(H,9,10). The highest BCUT2D eigenvalue weighted by Gasteiger charge is 2.00. The fourth-order valence-electron chi connectivity index (χ4n) is 0.844. The predicted molar refractivity (Wildman–Crippen MR) is 47.1 cm³/mol. The molecule has 11 heavy (non-hydrogen) atoms. The molecule has 0 unspecified atom stereocenters. The molecule has 0 aliphatic rings. The Labute approximate surface area is 69.5 Å². The number of hydrogen-bond donors (Lipinski definition) is 2. The van der Waals surface area contributed by atoms with Crippen LogP contribution in [0.25, 0.3) is 0 Å². The molecule has 0 aromatic carbocycles. The molecule has 0 radical (unpaired) electrons. The Balaban J connectivity index is 2.69. The summed E-state index contributed by atoms with van der Waals surface area (Å²) in [6, 6.07) is 0. The van der Waals surface area contributed by atoms with Crippen molar-refractivity contribution in [1.29, 1.82) is 0 Å².